The molecule has 0 radical (unpaired) electrons. The summed E-state index contributed by atoms with van der Waals surface area (Å²) in [6.07, 6.45) is 1.94. The molecular weight excluding hydrogens is 469 g/mol. The Morgan fingerprint density at radius 1 is 1.31 bits per heavy atom. The average molecular weight is 483 g/mol. The standard InChI is InChI=1S/C18H14BrClFN5O3/c19-14-9-13(5-6-15(14)21)24-28-22-10-16-18(26-29-25-16)23-17(27)7-4-11-2-1-3-12(20)8-11/h1-3,5-6,8-10,24H,4,7H2,(H,23,26,27)/b22-10+. The van der Waals surface area contributed by atoms with Crippen molar-refractivity contribution in [3.8, 4) is 0 Å². The number of oxime groups is 1. The minimum atomic E-state index is -0.400. The van der Waals surface area contributed by atoms with Crippen molar-refractivity contribution in [2.24, 2.45) is 5.16 Å². The van der Waals surface area contributed by atoms with Crippen LogP contribution in [-0.4, -0.2) is 22.4 Å². The highest BCUT2D eigenvalue weighted by Crippen LogP contribution is 2.20. The van der Waals surface area contributed by atoms with Gasteiger partial charge in [0.05, 0.1) is 10.2 Å². The fraction of sp³-hybridized carbons (Fsp3) is 0.111. The van der Waals surface area contributed by atoms with Gasteiger partial charge in [-0.3, -0.25) is 9.73 Å². The van der Waals surface area contributed by atoms with E-state index in [-0.39, 0.29) is 28.3 Å². The molecule has 2 aromatic carbocycles. The molecule has 3 rings (SSSR count). The average Bonchev–Trinajstić information content (AvgIpc) is 3.13. The van der Waals surface area contributed by atoms with E-state index in [1.165, 1.54) is 24.4 Å². The summed E-state index contributed by atoms with van der Waals surface area (Å²) in [7, 11) is 0. The maximum atomic E-state index is 13.2. The van der Waals surface area contributed by atoms with Gasteiger partial charge in [-0.1, -0.05) is 28.9 Å². The number of hydrogen-bond acceptors (Lipinski definition) is 7. The molecule has 1 amide bonds. The molecule has 0 bridgehead atoms. The van der Waals surface area contributed by atoms with Crippen LogP contribution >= 0.6 is 27.5 Å². The summed E-state index contributed by atoms with van der Waals surface area (Å²) in [5.74, 6) is -0.563. The van der Waals surface area contributed by atoms with Crippen LogP contribution in [0.2, 0.25) is 5.02 Å². The second kappa shape index (κ2) is 9.99. The molecule has 11 heteroatoms. The largest absolute Gasteiger partial charge is 0.306 e. The zero-order valence-corrected chi connectivity index (χ0v) is 17.1. The summed E-state index contributed by atoms with van der Waals surface area (Å²) in [5, 5.41) is 14.1. The molecule has 3 aromatic rings. The van der Waals surface area contributed by atoms with Crippen molar-refractivity contribution < 1.29 is 18.8 Å². The van der Waals surface area contributed by atoms with Gasteiger partial charge in [-0.25, -0.2) is 9.02 Å². The highest BCUT2D eigenvalue weighted by Gasteiger charge is 2.12. The van der Waals surface area contributed by atoms with E-state index < -0.39 is 5.82 Å². The van der Waals surface area contributed by atoms with Crippen molar-refractivity contribution in [1.82, 2.24) is 10.3 Å². The Morgan fingerprint density at radius 2 is 2.17 bits per heavy atom. The van der Waals surface area contributed by atoms with Gasteiger partial charge in [0.1, 0.15) is 12.0 Å². The summed E-state index contributed by atoms with van der Waals surface area (Å²) < 4.78 is 18.1. The third kappa shape index (κ3) is 6.26. The SMILES string of the molecule is O=C(CCc1cccc(Cl)c1)Nc1nonc1/C=N/ONc1ccc(F)c(Br)c1. The van der Waals surface area contributed by atoms with Gasteiger partial charge in [0.25, 0.3) is 0 Å². The Kier molecular flexibility index (Phi) is 7.14. The third-order valence-electron chi connectivity index (χ3n) is 3.61. The lowest BCUT2D eigenvalue weighted by Gasteiger charge is -2.04. The lowest BCUT2D eigenvalue weighted by molar-refractivity contribution is -0.116. The number of amides is 1. The first kappa shape index (κ1) is 20.7. The Hall–Kier alpha value is -2.98. The van der Waals surface area contributed by atoms with Crippen molar-refractivity contribution >= 4 is 51.2 Å². The maximum Gasteiger partial charge on any atom is 0.226 e. The van der Waals surface area contributed by atoms with Crippen LogP contribution in [-0.2, 0) is 16.2 Å². The molecule has 2 N–H and O–H groups in total. The normalized spacial score (nSPS) is 10.9. The van der Waals surface area contributed by atoms with Crippen molar-refractivity contribution in [1.29, 1.82) is 0 Å². The molecule has 0 unspecified atom stereocenters. The molecule has 29 heavy (non-hydrogen) atoms. The molecule has 0 atom stereocenters. The number of hydrogen-bond donors (Lipinski definition) is 2. The zero-order valence-electron chi connectivity index (χ0n) is 14.7. The van der Waals surface area contributed by atoms with Gasteiger partial charge in [0, 0.05) is 11.4 Å². The minimum Gasteiger partial charge on any atom is -0.306 e. The van der Waals surface area contributed by atoms with E-state index in [9.17, 15) is 9.18 Å². The first-order valence-electron chi connectivity index (χ1n) is 8.28. The predicted octanol–water partition coefficient (Wildman–Crippen LogP) is 4.57. The van der Waals surface area contributed by atoms with Gasteiger partial charge in [0.2, 0.25) is 11.7 Å². The van der Waals surface area contributed by atoms with Crippen molar-refractivity contribution in [3.63, 3.8) is 0 Å². The van der Waals surface area contributed by atoms with E-state index in [0.717, 1.165) is 5.56 Å². The number of nitrogens with zero attached hydrogens (tertiary/aromatic N) is 3. The summed E-state index contributed by atoms with van der Waals surface area (Å²) in [4.78, 5) is 17.0. The van der Waals surface area contributed by atoms with Gasteiger partial charge in [-0.15, -0.1) is 0 Å². The zero-order chi connectivity index (χ0) is 20.6. The summed E-state index contributed by atoms with van der Waals surface area (Å²) >= 11 is 8.99. The van der Waals surface area contributed by atoms with Crippen LogP contribution in [0.15, 0.2) is 56.7 Å². The van der Waals surface area contributed by atoms with Crippen LogP contribution in [0.5, 0.6) is 0 Å². The van der Waals surface area contributed by atoms with Crippen molar-refractivity contribution in [2.75, 3.05) is 10.8 Å². The predicted molar refractivity (Wildman–Crippen MR) is 109 cm³/mol. The Bertz CT molecular complexity index is 1030. The maximum absolute atomic E-state index is 13.2. The monoisotopic (exact) mass is 481 g/mol. The number of aromatic nitrogens is 2. The van der Waals surface area contributed by atoms with Gasteiger partial charge < -0.3 is 5.32 Å². The third-order valence-corrected chi connectivity index (χ3v) is 4.46. The van der Waals surface area contributed by atoms with E-state index in [1.807, 2.05) is 12.1 Å². The second-order valence-corrected chi connectivity index (χ2v) is 7.02. The Labute approximate surface area is 178 Å². The number of carbonyl (C=O) groups excluding carboxylic acids is 1. The van der Waals surface area contributed by atoms with E-state index >= 15 is 0 Å². The molecular formula is C18H14BrClFN5O3. The van der Waals surface area contributed by atoms with Gasteiger partial charge >= 0.3 is 0 Å². The van der Waals surface area contributed by atoms with E-state index in [2.05, 4.69) is 46.8 Å². The molecule has 0 saturated heterocycles. The first-order chi connectivity index (χ1) is 14.0. The lowest BCUT2D eigenvalue weighted by atomic mass is 10.1. The lowest BCUT2D eigenvalue weighted by Crippen LogP contribution is -2.14. The number of nitrogens with one attached hydrogen (secondary N) is 2. The first-order valence-corrected chi connectivity index (χ1v) is 9.45. The van der Waals surface area contributed by atoms with Gasteiger partial charge in [-0.2, -0.15) is 5.48 Å². The number of aryl methyl sites for hydroxylation is 1. The highest BCUT2D eigenvalue weighted by molar-refractivity contribution is 9.10. The molecule has 0 aliphatic rings. The smallest absolute Gasteiger partial charge is 0.226 e. The number of anilines is 2. The van der Waals surface area contributed by atoms with Crippen LogP contribution in [0.25, 0.3) is 0 Å². The fourth-order valence-electron chi connectivity index (χ4n) is 2.23. The Balaban J connectivity index is 1.49. The minimum absolute atomic E-state index is 0.109. The number of benzene rings is 2. The summed E-state index contributed by atoms with van der Waals surface area (Å²) in [5.41, 5.74) is 4.10. The number of carbonyl (C=O) groups is 1. The van der Waals surface area contributed by atoms with Gasteiger partial charge in [0.15, 0.2) is 5.69 Å². The molecule has 1 aromatic heterocycles. The summed E-state index contributed by atoms with van der Waals surface area (Å²) in [6, 6.07) is 11.5. The number of halogens is 3. The molecule has 0 saturated carbocycles. The molecule has 8 nitrogen and oxygen atoms in total. The molecule has 0 spiro atoms. The molecule has 0 fully saturated rings. The van der Waals surface area contributed by atoms with Crippen LogP contribution in [0.4, 0.5) is 15.9 Å². The Morgan fingerprint density at radius 3 is 2.97 bits per heavy atom. The highest BCUT2D eigenvalue weighted by atomic mass is 79.9. The second-order valence-electron chi connectivity index (χ2n) is 5.73. The summed E-state index contributed by atoms with van der Waals surface area (Å²) in [6.45, 7) is 0. The molecule has 1 heterocycles. The molecule has 150 valence electrons. The van der Waals surface area contributed by atoms with Crippen LogP contribution < -0.4 is 10.8 Å². The van der Waals surface area contributed by atoms with Crippen molar-refractivity contribution in [2.45, 2.75) is 12.8 Å². The van der Waals surface area contributed by atoms with Crippen LogP contribution in [0, 0.1) is 5.82 Å². The molecule has 0 aliphatic carbocycles. The topological polar surface area (TPSA) is 102 Å². The fourth-order valence-corrected chi connectivity index (χ4v) is 2.82. The van der Waals surface area contributed by atoms with Crippen LogP contribution in [0.3, 0.4) is 0 Å². The van der Waals surface area contributed by atoms with Gasteiger partial charge in [-0.05, 0) is 68.6 Å². The molecule has 0 aliphatic heterocycles. The van der Waals surface area contributed by atoms with E-state index in [0.29, 0.717) is 17.1 Å². The van der Waals surface area contributed by atoms with Crippen molar-refractivity contribution in [3.05, 3.63) is 69.0 Å². The van der Waals surface area contributed by atoms with Crippen LogP contribution in [0.1, 0.15) is 17.7 Å². The number of rotatable bonds is 8. The van der Waals surface area contributed by atoms with E-state index in [4.69, 9.17) is 16.5 Å². The quantitative estimate of drug-likeness (QED) is 0.360. The van der Waals surface area contributed by atoms with E-state index in [1.54, 1.807) is 12.1 Å².